The zero-order chi connectivity index (χ0) is 9.99. The number of ketones is 1. The Labute approximate surface area is 72.8 Å². The lowest BCUT2D eigenvalue weighted by molar-refractivity contribution is -0.141. The molecule has 0 amide bonds. The first-order valence-electron chi connectivity index (χ1n) is 3.90. The molecule has 0 aromatic rings. The van der Waals surface area contributed by atoms with E-state index in [2.05, 4.69) is 0 Å². The summed E-state index contributed by atoms with van der Waals surface area (Å²) in [5.41, 5.74) is -1.82. The van der Waals surface area contributed by atoms with E-state index in [4.69, 9.17) is 5.11 Å². The molecule has 70 valence electrons. The van der Waals surface area contributed by atoms with Gasteiger partial charge < -0.3 is 9.90 Å². The van der Waals surface area contributed by atoms with Crippen LogP contribution in [0.1, 0.15) is 27.7 Å². The molecule has 0 aliphatic heterocycles. The number of hydrogen-bond donors (Lipinski definition) is 1. The highest BCUT2D eigenvalue weighted by Crippen LogP contribution is 2.27. The van der Waals surface area contributed by atoms with Crippen LogP contribution in [0.5, 0.6) is 0 Å². The largest absolute Gasteiger partial charge is 0.395 e. The van der Waals surface area contributed by atoms with Crippen LogP contribution in [0.4, 0.5) is 0 Å². The van der Waals surface area contributed by atoms with Gasteiger partial charge in [0.1, 0.15) is 6.29 Å². The molecular formula is C9H16O3. The molecule has 0 radical (unpaired) electrons. The first-order valence-corrected chi connectivity index (χ1v) is 3.90. The van der Waals surface area contributed by atoms with Crippen molar-refractivity contribution in [1.29, 1.82) is 0 Å². The molecule has 3 nitrogen and oxygen atoms in total. The quantitative estimate of drug-likeness (QED) is 0.504. The summed E-state index contributed by atoms with van der Waals surface area (Å²) in [6.45, 7) is 6.13. The normalized spacial score (nSPS) is 12.8. The van der Waals surface area contributed by atoms with Crippen molar-refractivity contribution in [2.45, 2.75) is 27.7 Å². The van der Waals surface area contributed by atoms with Crippen molar-refractivity contribution in [1.82, 2.24) is 0 Å². The lowest BCUT2D eigenvalue weighted by Crippen LogP contribution is -2.40. The molecule has 0 aliphatic rings. The summed E-state index contributed by atoms with van der Waals surface area (Å²) < 4.78 is 0. The van der Waals surface area contributed by atoms with E-state index in [-0.39, 0.29) is 12.4 Å². The van der Waals surface area contributed by atoms with E-state index in [0.29, 0.717) is 6.29 Å². The van der Waals surface area contributed by atoms with Crippen molar-refractivity contribution < 1.29 is 14.7 Å². The first-order chi connectivity index (χ1) is 5.28. The Bertz CT molecular complexity index is 192. The Balaban J connectivity index is 4.71. The number of aliphatic hydroxyl groups excluding tert-OH is 1. The third kappa shape index (κ3) is 2.14. The van der Waals surface area contributed by atoms with Crippen molar-refractivity contribution in [2.24, 2.45) is 10.8 Å². The first kappa shape index (κ1) is 11.3. The van der Waals surface area contributed by atoms with E-state index >= 15 is 0 Å². The van der Waals surface area contributed by atoms with Gasteiger partial charge in [0.2, 0.25) is 0 Å². The van der Waals surface area contributed by atoms with Gasteiger partial charge in [0.25, 0.3) is 0 Å². The minimum Gasteiger partial charge on any atom is -0.395 e. The SMILES string of the molecule is CC(C)(C=O)C(=O)C(C)(C)CO. The number of carbonyl (C=O) groups excluding carboxylic acids is 2. The van der Waals surface area contributed by atoms with Crippen molar-refractivity contribution in [2.75, 3.05) is 6.61 Å². The van der Waals surface area contributed by atoms with Crippen molar-refractivity contribution in [3.63, 3.8) is 0 Å². The fourth-order valence-corrected chi connectivity index (χ4v) is 0.997. The molecule has 0 aromatic heterocycles. The van der Waals surface area contributed by atoms with Crippen LogP contribution in [-0.2, 0) is 9.59 Å². The predicted octanol–water partition coefficient (Wildman–Crippen LogP) is 0.799. The number of aliphatic hydroxyl groups is 1. The molecule has 0 saturated carbocycles. The van der Waals surface area contributed by atoms with E-state index in [0.717, 1.165) is 0 Å². The topological polar surface area (TPSA) is 54.4 Å². The third-order valence-corrected chi connectivity index (χ3v) is 1.89. The van der Waals surface area contributed by atoms with Crippen LogP contribution in [0, 0.1) is 10.8 Å². The summed E-state index contributed by atoms with van der Waals surface area (Å²) in [5.74, 6) is -0.229. The molecule has 0 atom stereocenters. The number of carbonyl (C=O) groups is 2. The summed E-state index contributed by atoms with van der Waals surface area (Å²) in [5, 5.41) is 8.89. The van der Waals surface area contributed by atoms with E-state index in [1.807, 2.05) is 0 Å². The second kappa shape index (κ2) is 3.35. The monoisotopic (exact) mass is 172 g/mol. The van der Waals surface area contributed by atoms with Crippen LogP contribution in [0.3, 0.4) is 0 Å². The number of Topliss-reactive ketones (excluding diaryl/α,β-unsaturated/α-hetero) is 1. The summed E-state index contributed by atoms with van der Waals surface area (Å²) >= 11 is 0. The minimum absolute atomic E-state index is 0.229. The standard InChI is InChI=1S/C9H16O3/c1-8(2,5-10)7(12)9(3,4)6-11/h5,11H,6H2,1-4H3. The number of hydrogen-bond acceptors (Lipinski definition) is 3. The molecule has 0 heterocycles. The fourth-order valence-electron chi connectivity index (χ4n) is 0.997. The van der Waals surface area contributed by atoms with Crippen molar-refractivity contribution in [3.05, 3.63) is 0 Å². The Hall–Kier alpha value is -0.700. The highest BCUT2D eigenvalue weighted by Gasteiger charge is 2.38. The van der Waals surface area contributed by atoms with Gasteiger partial charge in [-0.05, 0) is 13.8 Å². The van der Waals surface area contributed by atoms with Gasteiger partial charge in [0.05, 0.1) is 12.0 Å². The molecule has 3 heteroatoms. The predicted molar refractivity (Wildman–Crippen MR) is 45.7 cm³/mol. The molecule has 0 saturated heterocycles. The molecule has 0 fully saturated rings. The summed E-state index contributed by atoms with van der Waals surface area (Å²) in [4.78, 5) is 22.1. The van der Waals surface area contributed by atoms with Crippen LogP contribution in [0.25, 0.3) is 0 Å². The van der Waals surface area contributed by atoms with Crippen molar-refractivity contribution >= 4 is 12.1 Å². The Morgan fingerprint density at radius 3 is 2.00 bits per heavy atom. The Morgan fingerprint density at radius 2 is 1.75 bits per heavy atom. The molecule has 1 N–H and O–H groups in total. The molecule has 12 heavy (non-hydrogen) atoms. The maximum Gasteiger partial charge on any atom is 0.153 e. The maximum absolute atomic E-state index is 11.6. The molecule has 0 aliphatic carbocycles. The highest BCUT2D eigenvalue weighted by molar-refractivity contribution is 6.00. The van der Waals surface area contributed by atoms with Gasteiger partial charge in [-0.15, -0.1) is 0 Å². The molecule has 0 spiro atoms. The van der Waals surface area contributed by atoms with Crippen LogP contribution in [0.15, 0.2) is 0 Å². The Kier molecular flexibility index (Phi) is 3.16. The van der Waals surface area contributed by atoms with E-state index < -0.39 is 10.8 Å². The van der Waals surface area contributed by atoms with Crippen molar-refractivity contribution in [3.8, 4) is 0 Å². The van der Waals surface area contributed by atoms with E-state index in [9.17, 15) is 9.59 Å². The average Bonchev–Trinajstić information content (AvgIpc) is 2.03. The van der Waals surface area contributed by atoms with E-state index in [1.54, 1.807) is 27.7 Å². The molecule has 0 unspecified atom stereocenters. The summed E-state index contributed by atoms with van der Waals surface area (Å²) in [6.07, 6.45) is 0.618. The van der Waals surface area contributed by atoms with Crippen LogP contribution >= 0.6 is 0 Å². The molecule has 0 rings (SSSR count). The van der Waals surface area contributed by atoms with E-state index in [1.165, 1.54) is 0 Å². The third-order valence-electron chi connectivity index (χ3n) is 1.89. The smallest absolute Gasteiger partial charge is 0.153 e. The summed E-state index contributed by atoms with van der Waals surface area (Å²) in [6, 6.07) is 0. The van der Waals surface area contributed by atoms with Crippen LogP contribution < -0.4 is 0 Å². The van der Waals surface area contributed by atoms with Gasteiger partial charge in [-0.2, -0.15) is 0 Å². The zero-order valence-electron chi connectivity index (χ0n) is 8.05. The second-order valence-electron chi connectivity index (χ2n) is 4.21. The number of rotatable bonds is 4. The lowest BCUT2D eigenvalue weighted by atomic mass is 9.75. The molecule has 0 bridgehead atoms. The van der Waals surface area contributed by atoms with Gasteiger partial charge in [0, 0.05) is 5.41 Å². The molecular weight excluding hydrogens is 156 g/mol. The second-order valence-corrected chi connectivity index (χ2v) is 4.21. The van der Waals surface area contributed by atoms with Gasteiger partial charge >= 0.3 is 0 Å². The highest BCUT2D eigenvalue weighted by atomic mass is 16.3. The molecule has 0 aromatic carbocycles. The van der Waals surface area contributed by atoms with Crippen LogP contribution in [-0.4, -0.2) is 23.8 Å². The van der Waals surface area contributed by atoms with Gasteiger partial charge in [-0.3, -0.25) is 4.79 Å². The average molecular weight is 172 g/mol. The maximum atomic E-state index is 11.6. The van der Waals surface area contributed by atoms with Crippen LogP contribution in [0.2, 0.25) is 0 Å². The van der Waals surface area contributed by atoms with Gasteiger partial charge in [0.15, 0.2) is 5.78 Å². The van der Waals surface area contributed by atoms with Gasteiger partial charge in [-0.1, -0.05) is 13.8 Å². The number of aldehydes is 1. The fraction of sp³-hybridized carbons (Fsp3) is 0.778. The minimum atomic E-state index is -0.994. The Morgan fingerprint density at radius 1 is 1.33 bits per heavy atom. The lowest BCUT2D eigenvalue weighted by Gasteiger charge is -2.27. The zero-order valence-corrected chi connectivity index (χ0v) is 8.05. The summed E-state index contributed by atoms with van der Waals surface area (Å²) in [7, 11) is 0. The van der Waals surface area contributed by atoms with Gasteiger partial charge in [-0.25, -0.2) is 0 Å².